The van der Waals surface area contributed by atoms with Crippen LogP contribution in [0.1, 0.15) is 18.9 Å². The SMILES string of the molecule is O=C(O)N1CCC[C@@H](n2cnc(-c3ccc(F)cc3)c2)C1. The van der Waals surface area contributed by atoms with E-state index in [2.05, 4.69) is 4.98 Å². The van der Waals surface area contributed by atoms with E-state index >= 15 is 0 Å². The lowest BCUT2D eigenvalue weighted by Crippen LogP contribution is -2.39. The number of imidazole rings is 1. The number of aromatic nitrogens is 2. The van der Waals surface area contributed by atoms with Gasteiger partial charge < -0.3 is 14.6 Å². The molecule has 0 bridgehead atoms. The van der Waals surface area contributed by atoms with E-state index in [9.17, 15) is 9.18 Å². The summed E-state index contributed by atoms with van der Waals surface area (Å²) in [6.45, 7) is 1.07. The standard InChI is InChI=1S/C15H16FN3O2/c16-12-5-3-11(4-6-12)14-9-19(10-17-14)13-2-1-7-18(8-13)15(20)21/h3-6,9-10,13H,1-2,7-8H2,(H,20,21)/t13-/m1/s1. The Morgan fingerprint density at radius 1 is 1.33 bits per heavy atom. The monoisotopic (exact) mass is 289 g/mol. The molecule has 2 heterocycles. The van der Waals surface area contributed by atoms with Gasteiger partial charge in [0.25, 0.3) is 0 Å². The molecular formula is C15H16FN3O2. The van der Waals surface area contributed by atoms with Gasteiger partial charge in [0.1, 0.15) is 5.82 Å². The number of amides is 1. The Hall–Kier alpha value is -2.37. The lowest BCUT2D eigenvalue weighted by Gasteiger charge is -2.31. The van der Waals surface area contributed by atoms with Gasteiger partial charge in [0.2, 0.25) is 0 Å². The number of halogens is 1. The van der Waals surface area contributed by atoms with Gasteiger partial charge in [0.05, 0.1) is 18.1 Å². The van der Waals surface area contributed by atoms with E-state index in [-0.39, 0.29) is 11.9 Å². The summed E-state index contributed by atoms with van der Waals surface area (Å²) in [5.74, 6) is -0.275. The second kappa shape index (κ2) is 5.55. The van der Waals surface area contributed by atoms with Crippen molar-refractivity contribution in [2.24, 2.45) is 0 Å². The summed E-state index contributed by atoms with van der Waals surface area (Å²) in [4.78, 5) is 16.8. The highest BCUT2D eigenvalue weighted by Crippen LogP contribution is 2.24. The quantitative estimate of drug-likeness (QED) is 0.924. The first-order chi connectivity index (χ1) is 10.1. The first-order valence-electron chi connectivity index (χ1n) is 6.91. The Balaban J connectivity index is 1.78. The zero-order valence-corrected chi connectivity index (χ0v) is 11.4. The van der Waals surface area contributed by atoms with Crippen molar-refractivity contribution in [3.05, 3.63) is 42.6 Å². The molecule has 0 aliphatic carbocycles. The molecule has 2 aromatic rings. The first kappa shape index (κ1) is 13.6. The highest BCUT2D eigenvalue weighted by molar-refractivity contribution is 5.65. The first-order valence-corrected chi connectivity index (χ1v) is 6.91. The number of rotatable bonds is 2. The fourth-order valence-corrected chi connectivity index (χ4v) is 2.68. The van der Waals surface area contributed by atoms with Gasteiger partial charge in [-0.1, -0.05) is 0 Å². The molecule has 0 spiro atoms. The van der Waals surface area contributed by atoms with Gasteiger partial charge in [-0.2, -0.15) is 0 Å². The molecule has 1 amide bonds. The van der Waals surface area contributed by atoms with Gasteiger partial charge in [-0.25, -0.2) is 14.2 Å². The Morgan fingerprint density at radius 3 is 2.81 bits per heavy atom. The van der Waals surface area contributed by atoms with Gasteiger partial charge >= 0.3 is 6.09 Å². The van der Waals surface area contributed by atoms with Crippen LogP contribution in [0.4, 0.5) is 9.18 Å². The van der Waals surface area contributed by atoms with Crippen molar-refractivity contribution in [3.8, 4) is 11.3 Å². The third kappa shape index (κ3) is 2.89. The molecule has 5 nitrogen and oxygen atoms in total. The summed E-state index contributed by atoms with van der Waals surface area (Å²) >= 11 is 0. The molecule has 0 radical (unpaired) electrons. The zero-order chi connectivity index (χ0) is 14.8. The Bertz CT molecular complexity index is 639. The van der Waals surface area contributed by atoms with Crippen LogP contribution >= 0.6 is 0 Å². The molecule has 1 atom stereocenters. The van der Waals surface area contributed by atoms with Crippen LogP contribution in [0, 0.1) is 5.82 Å². The second-order valence-electron chi connectivity index (χ2n) is 5.24. The minimum atomic E-state index is -0.876. The maximum absolute atomic E-state index is 12.9. The lowest BCUT2D eigenvalue weighted by molar-refractivity contribution is 0.121. The number of carboxylic acid groups (broad SMARTS) is 1. The number of piperidine rings is 1. The van der Waals surface area contributed by atoms with E-state index in [4.69, 9.17) is 5.11 Å². The molecule has 21 heavy (non-hydrogen) atoms. The number of likely N-dealkylation sites (tertiary alicyclic amines) is 1. The summed E-state index contributed by atoms with van der Waals surface area (Å²) < 4.78 is 14.9. The minimum absolute atomic E-state index is 0.108. The van der Waals surface area contributed by atoms with Crippen LogP contribution in [0.3, 0.4) is 0 Å². The van der Waals surface area contributed by atoms with Crippen molar-refractivity contribution < 1.29 is 14.3 Å². The van der Waals surface area contributed by atoms with Crippen LogP contribution in [0.25, 0.3) is 11.3 Å². The highest BCUT2D eigenvalue weighted by Gasteiger charge is 2.24. The molecular weight excluding hydrogens is 273 g/mol. The molecule has 1 aliphatic heterocycles. The Labute approximate surface area is 121 Å². The van der Waals surface area contributed by atoms with Crippen molar-refractivity contribution in [1.82, 2.24) is 14.5 Å². The van der Waals surface area contributed by atoms with Crippen LogP contribution < -0.4 is 0 Å². The van der Waals surface area contributed by atoms with Crippen LogP contribution in [-0.4, -0.2) is 38.7 Å². The fourth-order valence-electron chi connectivity index (χ4n) is 2.68. The molecule has 1 aromatic carbocycles. The summed E-state index contributed by atoms with van der Waals surface area (Å²) in [6.07, 6.45) is 4.51. The van der Waals surface area contributed by atoms with Crippen molar-refractivity contribution in [2.45, 2.75) is 18.9 Å². The van der Waals surface area contributed by atoms with Gasteiger partial charge in [0, 0.05) is 24.8 Å². The number of hydrogen-bond donors (Lipinski definition) is 1. The molecule has 3 rings (SSSR count). The average molecular weight is 289 g/mol. The van der Waals surface area contributed by atoms with Crippen molar-refractivity contribution in [3.63, 3.8) is 0 Å². The Morgan fingerprint density at radius 2 is 2.10 bits per heavy atom. The average Bonchev–Trinajstić information content (AvgIpc) is 2.98. The van der Waals surface area contributed by atoms with Crippen molar-refractivity contribution >= 4 is 6.09 Å². The number of nitrogens with zero attached hydrogens (tertiary/aromatic N) is 3. The maximum Gasteiger partial charge on any atom is 0.407 e. The smallest absolute Gasteiger partial charge is 0.407 e. The maximum atomic E-state index is 12.9. The highest BCUT2D eigenvalue weighted by atomic mass is 19.1. The zero-order valence-electron chi connectivity index (χ0n) is 11.4. The van der Waals surface area contributed by atoms with Crippen molar-refractivity contribution in [2.75, 3.05) is 13.1 Å². The van der Waals surface area contributed by atoms with E-state index in [0.717, 1.165) is 24.1 Å². The lowest BCUT2D eigenvalue weighted by atomic mass is 10.1. The van der Waals surface area contributed by atoms with Gasteiger partial charge in [-0.3, -0.25) is 0 Å². The molecule has 1 N–H and O–H groups in total. The summed E-state index contributed by atoms with van der Waals surface area (Å²) in [5, 5.41) is 9.08. The van der Waals surface area contributed by atoms with Crippen LogP contribution in [-0.2, 0) is 0 Å². The van der Waals surface area contributed by atoms with E-state index in [1.165, 1.54) is 17.0 Å². The molecule has 0 saturated carbocycles. The molecule has 110 valence electrons. The van der Waals surface area contributed by atoms with E-state index in [0.29, 0.717) is 13.1 Å². The largest absolute Gasteiger partial charge is 0.465 e. The van der Waals surface area contributed by atoms with E-state index in [1.807, 2.05) is 10.8 Å². The summed E-state index contributed by atoms with van der Waals surface area (Å²) in [6, 6.07) is 6.29. The number of hydrogen-bond acceptors (Lipinski definition) is 2. The van der Waals surface area contributed by atoms with Gasteiger partial charge in [-0.15, -0.1) is 0 Å². The predicted molar refractivity (Wildman–Crippen MR) is 75.5 cm³/mol. The molecule has 1 fully saturated rings. The van der Waals surface area contributed by atoms with Crippen LogP contribution in [0.5, 0.6) is 0 Å². The Kier molecular flexibility index (Phi) is 3.60. The van der Waals surface area contributed by atoms with E-state index < -0.39 is 6.09 Å². The van der Waals surface area contributed by atoms with E-state index in [1.54, 1.807) is 18.5 Å². The topological polar surface area (TPSA) is 58.4 Å². The third-order valence-electron chi connectivity index (χ3n) is 3.83. The number of benzene rings is 1. The third-order valence-corrected chi connectivity index (χ3v) is 3.83. The predicted octanol–water partition coefficient (Wildman–Crippen LogP) is 3.00. The van der Waals surface area contributed by atoms with Crippen LogP contribution in [0.2, 0.25) is 0 Å². The molecule has 0 unspecified atom stereocenters. The second-order valence-corrected chi connectivity index (χ2v) is 5.24. The normalized spacial score (nSPS) is 18.7. The number of carbonyl (C=O) groups is 1. The summed E-state index contributed by atoms with van der Waals surface area (Å²) in [5.41, 5.74) is 1.61. The van der Waals surface area contributed by atoms with Crippen molar-refractivity contribution in [1.29, 1.82) is 0 Å². The minimum Gasteiger partial charge on any atom is -0.465 e. The van der Waals surface area contributed by atoms with Gasteiger partial charge in [0.15, 0.2) is 0 Å². The summed E-state index contributed by atoms with van der Waals surface area (Å²) in [7, 11) is 0. The molecule has 1 aliphatic rings. The molecule has 6 heteroatoms. The molecule has 1 saturated heterocycles. The fraction of sp³-hybridized carbons (Fsp3) is 0.333. The van der Waals surface area contributed by atoms with Gasteiger partial charge in [-0.05, 0) is 37.1 Å². The molecule has 1 aromatic heterocycles. The van der Waals surface area contributed by atoms with Crippen LogP contribution in [0.15, 0.2) is 36.8 Å².